The first-order valence-corrected chi connectivity index (χ1v) is 5.46. The van der Waals surface area contributed by atoms with Crippen molar-refractivity contribution >= 4 is 12.0 Å². The molecule has 0 aliphatic heterocycles. The maximum atomic E-state index is 12.6. The topological polar surface area (TPSA) is 69.6 Å². The fraction of sp³-hybridized carbons (Fsp3) is 0.308. The third kappa shape index (κ3) is 4.27. The average Bonchev–Trinajstić information content (AvgIpc) is 2.38. The number of rotatable bonds is 5. The van der Waals surface area contributed by atoms with Crippen molar-refractivity contribution in [3.63, 3.8) is 0 Å². The maximum Gasteiger partial charge on any atom is 0.244 e. The third-order valence-electron chi connectivity index (χ3n) is 2.42. The molecule has 0 saturated carbocycles. The molecule has 0 unspecified atom stereocenters. The van der Waals surface area contributed by atoms with Gasteiger partial charge in [-0.15, -0.1) is 0 Å². The van der Waals surface area contributed by atoms with Gasteiger partial charge in [-0.25, -0.2) is 4.39 Å². The summed E-state index contributed by atoms with van der Waals surface area (Å²) in [5, 5.41) is 20.5. The molecule has 1 amide bonds. The van der Waals surface area contributed by atoms with Crippen LogP contribution in [-0.4, -0.2) is 34.9 Å². The number of aliphatic hydroxyl groups excluding tert-OH is 2. The normalized spacial score (nSPS) is 11.8. The molecular formula is C13H16FNO3. The van der Waals surface area contributed by atoms with E-state index >= 15 is 0 Å². The first kappa shape index (κ1) is 14.3. The molecule has 98 valence electrons. The Balaban J connectivity index is 2.62. The summed E-state index contributed by atoms with van der Waals surface area (Å²) in [6.45, 7) is 0.801. The van der Waals surface area contributed by atoms with E-state index in [2.05, 4.69) is 5.32 Å². The Morgan fingerprint density at radius 3 is 2.39 bits per heavy atom. The van der Waals surface area contributed by atoms with Crippen molar-refractivity contribution in [3.05, 3.63) is 41.7 Å². The zero-order valence-corrected chi connectivity index (χ0v) is 10.1. The summed E-state index contributed by atoms with van der Waals surface area (Å²) in [6, 6.07) is 5.67. The van der Waals surface area contributed by atoms with Crippen molar-refractivity contribution < 1.29 is 19.4 Å². The van der Waals surface area contributed by atoms with E-state index in [0.29, 0.717) is 5.56 Å². The molecule has 0 fully saturated rings. The van der Waals surface area contributed by atoms with E-state index in [0.717, 1.165) is 0 Å². The van der Waals surface area contributed by atoms with Crippen LogP contribution in [0.15, 0.2) is 30.3 Å². The van der Waals surface area contributed by atoms with E-state index < -0.39 is 11.4 Å². The van der Waals surface area contributed by atoms with Crippen LogP contribution in [-0.2, 0) is 4.79 Å². The molecule has 0 aliphatic rings. The van der Waals surface area contributed by atoms with Crippen LogP contribution in [0, 0.1) is 5.82 Å². The second kappa shape index (κ2) is 6.28. The van der Waals surface area contributed by atoms with Crippen LogP contribution in [0.3, 0.4) is 0 Å². The second-order valence-electron chi connectivity index (χ2n) is 4.25. The Morgan fingerprint density at radius 1 is 1.33 bits per heavy atom. The SMILES string of the molecule is CC(CO)(CO)NC(=O)/C=C/c1ccc(F)cc1. The number of carbonyl (C=O) groups excluding carboxylic acids is 1. The predicted molar refractivity (Wildman–Crippen MR) is 66.2 cm³/mol. The summed E-state index contributed by atoms with van der Waals surface area (Å²) in [5.41, 5.74) is -0.370. The lowest BCUT2D eigenvalue weighted by Crippen LogP contribution is -2.51. The molecular weight excluding hydrogens is 237 g/mol. The number of nitrogens with one attached hydrogen (secondary N) is 1. The number of amides is 1. The standard InChI is InChI=1S/C13H16FNO3/c1-13(8-16,9-17)15-12(18)7-4-10-2-5-11(14)6-3-10/h2-7,16-17H,8-9H2,1H3,(H,15,18)/b7-4+. The molecule has 0 bridgehead atoms. The highest BCUT2D eigenvalue weighted by Crippen LogP contribution is 2.05. The summed E-state index contributed by atoms with van der Waals surface area (Å²) in [5.74, 6) is -0.783. The second-order valence-corrected chi connectivity index (χ2v) is 4.25. The zero-order valence-electron chi connectivity index (χ0n) is 10.1. The molecule has 0 aromatic heterocycles. The van der Waals surface area contributed by atoms with Crippen molar-refractivity contribution in [2.75, 3.05) is 13.2 Å². The molecule has 1 aromatic carbocycles. The molecule has 0 saturated heterocycles. The summed E-state index contributed by atoms with van der Waals surface area (Å²) in [6.07, 6.45) is 2.78. The Labute approximate surface area is 105 Å². The third-order valence-corrected chi connectivity index (χ3v) is 2.42. The summed E-state index contributed by atoms with van der Waals surface area (Å²) in [4.78, 5) is 11.5. The number of benzene rings is 1. The molecule has 0 aliphatic carbocycles. The van der Waals surface area contributed by atoms with E-state index in [1.807, 2.05) is 0 Å². The summed E-state index contributed by atoms with van der Waals surface area (Å²) in [7, 11) is 0. The molecule has 5 heteroatoms. The van der Waals surface area contributed by atoms with E-state index in [1.54, 1.807) is 0 Å². The Hall–Kier alpha value is -1.72. The molecule has 0 heterocycles. The van der Waals surface area contributed by atoms with Gasteiger partial charge in [0.05, 0.1) is 18.8 Å². The van der Waals surface area contributed by atoms with Crippen LogP contribution in [0.4, 0.5) is 4.39 Å². The minimum Gasteiger partial charge on any atom is -0.394 e. The molecule has 0 radical (unpaired) electrons. The fourth-order valence-electron chi connectivity index (χ4n) is 1.21. The van der Waals surface area contributed by atoms with Gasteiger partial charge in [-0.05, 0) is 30.7 Å². The van der Waals surface area contributed by atoms with E-state index in [9.17, 15) is 9.18 Å². The Bertz CT molecular complexity index is 424. The Morgan fingerprint density at radius 2 is 1.89 bits per heavy atom. The van der Waals surface area contributed by atoms with Crippen LogP contribution in [0.25, 0.3) is 6.08 Å². The first-order valence-electron chi connectivity index (χ1n) is 5.46. The van der Waals surface area contributed by atoms with E-state index in [-0.39, 0.29) is 19.0 Å². The highest BCUT2D eigenvalue weighted by Gasteiger charge is 2.23. The number of hydrogen-bond acceptors (Lipinski definition) is 3. The minimum absolute atomic E-state index is 0.343. The number of hydrogen-bond donors (Lipinski definition) is 3. The van der Waals surface area contributed by atoms with Gasteiger partial charge in [0.15, 0.2) is 0 Å². The smallest absolute Gasteiger partial charge is 0.244 e. The fourth-order valence-corrected chi connectivity index (χ4v) is 1.21. The van der Waals surface area contributed by atoms with Gasteiger partial charge in [-0.3, -0.25) is 4.79 Å². The molecule has 4 nitrogen and oxygen atoms in total. The van der Waals surface area contributed by atoms with Gasteiger partial charge >= 0.3 is 0 Å². The molecule has 18 heavy (non-hydrogen) atoms. The molecule has 3 N–H and O–H groups in total. The monoisotopic (exact) mass is 253 g/mol. The van der Waals surface area contributed by atoms with Crippen LogP contribution in [0.5, 0.6) is 0 Å². The lowest BCUT2D eigenvalue weighted by atomic mass is 10.1. The van der Waals surface area contributed by atoms with Gasteiger partial charge in [-0.2, -0.15) is 0 Å². The number of carbonyl (C=O) groups is 1. The van der Waals surface area contributed by atoms with Gasteiger partial charge in [0, 0.05) is 6.08 Å². The zero-order chi connectivity index (χ0) is 13.6. The van der Waals surface area contributed by atoms with Crippen molar-refractivity contribution in [3.8, 4) is 0 Å². The van der Waals surface area contributed by atoms with Gasteiger partial charge in [0.25, 0.3) is 0 Å². The Kier molecular flexibility index (Phi) is 5.00. The molecule has 1 aromatic rings. The lowest BCUT2D eigenvalue weighted by molar-refractivity contribution is -0.119. The first-order chi connectivity index (χ1) is 8.49. The van der Waals surface area contributed by atoms with Crippen LogP contribution in [0.1, 0.15) is 12.5 Å². The van der Waals surface area contributed by atoms with E-state index in [1.165, 1.54) is 43.3 Å². The average molecular weight is 253 g/mol. The van der Waals surface area contributed by atoms with Crippen molar-refractivity contribution in [2.24, 2.45) is 0 Å². The highest BCUT2D eigenvalue weighted by molar-refractivity contribution is 5.92. The number of aliphatic hydroxyl groups is 2. The summed E-state index contributed by atoms with van der Waals surface area (Å²) < 4.78 is 12.6. The van der Waals surface area contributed by atoms with Crippen molar-refractivity contribution in [2.45, 2.75) is 12.5 Å². The highest BCUT2D eigenvalue weighted by atomic mass is 19.1. The van der Waals surface area contributed by atoms with Crippen LogP contribution < -0.4 is 5.32 Å². The lowest BCUT2D eigenvalue weighted by Gasteiger charge is -2.25. The summed E-state index contributed by atoms with van der Waals surface area (Å²) >= 11 is 0. The van der Waals surface area contributed by atoms with Gasteiger partial charge < -0.3 is 15.5 Å². The van der Waals surface area contributed by atoms with Crippen molar-refractivity contribution in [1.82, 2.24) is 5.32 Å². The molecule has 0 atom stereocenters. The number of halogens is 1. The predicted octanol–water partition coefficient (Wildman–Crippen LogP) is 0.698. The molecule has 1 rings (SSSR count). The largest absolute Gasteiger partial charge is 0.394 e. The van der Waals surface area contributed by atoms with E-state index in [4.69, 9.17) is 10.2 Å². The van der Waals surface area contributed by atoms with Gasteiger partial charge in [0.2, 0.25) is 5.91 Å². The van der Waals surface area contributed by atoms with Crippen molar-refractivity contribution in [1.29, 1.82) is 0 Å². The van der Waals surface area contributed by atoms with Gasteiger partial charge in [0.1, 0.15) is 5.82 Å². The van der Waals surface area contributed by atoms with Crippen LogP contribution >= 0.6 is 0 Å². The van der Waals surface area contributed by atoms with Gasteiger partial charge in [-0.1, -0.05) is 12.1 Å². The van der Waals surface area contributed by atoms with Crippen LogP contribution in [0.2, 0.25) is 0 Å². The minimum atomic E-state index is -1.05. The molecule has 0 spiro atoms. The maximum absolute atomic E-state index is 12.6. The quantitative estimate of drug-likeness (QED) is 0.676.